The van der Waals surface area contributed by atoms with Gasteiger partial charge in [-0.1, -0.05) is 64.5 Å². The number of benzene rings is 3. The number of halogens is 1. The van der Waals surface area contributed by atoms with E-state index in [0.29, 0.717) is 44.3 Å². The van der Waals surface area contributed by atoms with E-state index in [1.54, 1.807) is 49.6 Å². The van der Waals surface area contributed by atoms with Crippen molar-refractivity contribution in [2.24, 2.45) is 5.92 Å². The molecule has 0 radical (unpaired) electrons. The summed E-state index contributed by atoms with van der Waals surface area (Å²) in [6, 6.07) is 20.1. The number of amides is 2. The van der Waals surface area contributed by atoms with Crippen molar-refractivity contribution in [1.82, 2.24) is 4.98 Å². The van der Waals surface area contributed by atoms with E-state index in [1.807, 2.05) is 31.2 Å². The van der Waals surface area contributed by atoms with Crippen molar-refractivity contribution >= 4 is 52.2 Å². The van der Waals surface area contributed by atoms with Crippen LogP contribution in [0.5, 0.6) is 11.5 Å². The fraction of sp³-hybridized carbons (Fsp3) is 0.207. The van der Waals surface area contributed by atoms with Crippen LogP contribution in [0, 0.1) is 12.8 Å². The molecule has 3 aromatic carbocycles. The number of carbonyl (C=O) groups excluding carboxylic acids is 2. The van der Waals surface area contributed by atoms with E-state index in [9.17, 15) is 14.4 Å². The van der Waals surface area contributed by atoms with Gasteiger partial charge < -0.3 is 14.5 Å². The number of carbonyl (C=O) groups is 2. The van der Waals surface area contributed by atoms with Gasteiger partial charge in [0, 0.05) is 21.4 Å². The molecule has 2 amide bonds. The Balaban J connectivity index is 1.43. The number of thioether (sulfide) groups is 1. The second-order valence-corrected chi connectivity index (χ2v) is 12.0. The van der Waals surface area contributed by atoms with Crippen molar-refractivity contribution in [1.29, 1.82) is 0 Å². The number of anilines is 1. The number of aryl methyl sites for hydroxylation is 1. The highest BCUT2D eigenvalue weighted by Crippen LogP contribution is 2.54. The maximum atomic E-state index is 14.0. The van der Waals surface area contributed by atoms with Gasteiger partial charge in [-0.3, -0.25) is 14.4 Å². The third-order valence-electron chi connectivity index (χ3n) is 6.98. The third kappa shape index (κ3) is 4.64. The Kier molecular flexibility index (Phi) is 6.74. The van der Waals surface area contributed by atoms with Crippen LogP contribution in [0.3, 0.4) is 0 Å². The summed E-state index contributed by atoms with van der Waals surface area (Å²) >= 11 is 8.74. The van der Waals surface area contributed by atoms with Crippen LogP contribution in [0.2, 0.25) is 5.02 Å². The molecule has 1 saturated heterocycles. The molecule has 10 heteroatoms. The van der Waals surface area contributed by atoms with E-state index in [4.69, 9.17) is 21.1 Å². The van der Waals surface area contributed by atoms with Crippen molar-refractivity contribution in [2.75, 3.05) is 12.0 Å². The Morgan fingerprint density at radius 3 is 2.44 bits per heavy atom. The van der Waals surface area contributed by atoms with Gasteiger partial charge in [0.15, 0.2) is 0 Å². The number of aromatic nitrogens is 1. The highest BCUT2D eigenvalue weighted by Gasteiger charge is 2.56. The zero-order valence-electron chi connectivity index (χ0n) is 21.0. The molecule has 3 atom stereocenters. The summed E-state index contributed by atoms with van der Waals surface area (Å²) in [6.07, 6.45) is 0. The molecule has 39 heavy (non-hydrogen) atoms. The Bertz CT molecular complexity index is 1630. The summed E-state index contributed by atoms with van der Waals surface area (Å²) in [5, 5.41) is 0.348. The number of hydrogen-bond donors (Lipinski definition) is 1. The maximum absolute atomic E-state index is 14.0. The lowest BCUT2D eigenvalue weighted by atomic mass is 9.82. The highest BCUT2D eigenvalue weighted by molar-refractivity contribution is 8.00. The molecule has 2 aliphatic heterocycles. The normalized spacial score (nSPS) is 20.1. The predicted molar refractivity (Wildman–Crippen MR) is 152 cm³/mol. The van der Waals surface area contributed by atoms with Crippen LogP contribution >= 0.6 is 34.7 Å². The van der Waals surface area contributed by atoms with Crippen LogP contribution in [0.25, 0.3) is 0 Å². The van der Waals surface area contributed by atoms with Crippen LogP contribution in [0.1, 0.15) is 27.5 Å². The zero-order chi connectivity index (χ0) is 27.3. The number of fused-ring (bicyclic) bond motifs is 2. The molecule has 0 unspecified atom stereocenters. The average molecular weight is 579 g/mol. The smallest absolute Gasteiger partial charge is 0.305 e. The molecule has 6 rings (SSSR count). The number of methoxy groups -OCH3 is 1. The first kappa shape index (κ1) is 25.7. The van der Waals surface area contributed by atoms with Gasteiger partial charge in [0.05, 0.1) is 23.7 Å². The third-order valence-corrected chi connectivity index (χ3v) is 9.61. The Morgan fingerprint density at radius 2 is 1.72 bits per heavy atom. The number of thiazole rings is 1. The van der Waals surface area contributed by atoms with Gasteiger partial charge in [-0.2, -0.15) is 0 Å². The molecule has 0 aliphatic carbocycles. The molecule has 198 valence electrons. The molecule has 0 spiro atoms. The van der Waals surface area contributed by atoms with Crippen molar-refractivity contribution in [3.63, 3.8) is 0 Å². The number of ether oxygens (including phenoxy) is 2. The quantitative estimate of drug-likeness (QED) is 0.292. The van der Waals surface area contributed by atoms with E-state index in [-0.39, 0.29) is 16.7 Å². The van der Waals surface area contributed by atoms with Crippen molar-refractivity contribution in [3.05, 3.63) is 103 Å². The van der Waals surface area contributed by atoms with E-state index < -0.39 is 17.1 Å². The lowest BCUT2D eigenvalue weighted by molar-refractivity contribution is -0.122. The van der Waals surface area contributed by atoms with Gasteiger partial charge in [0.1, 0.15) is 23.4 Å². The average Bonchev–Trinajstić information content (AvgIpc) is 3.43. The molecule has 4 aromatic rings. The van der Waals surface area contributed by atoms with Gasteiger partial charge in [-0.05, 0) is 55.0 Å². The molecule has 3 heterocycles. The standard InChI is InChI=1S/C29H23ClN2O5S2/c1-15-3-5-16(6-4-15)14-37-21-12-7-17(30)13-20(21)22-23-25(38-26-24(22)39-29(35)31-26)28(34)32(27(23)33)18-8-10-19(36-2)11-9-18/h3-13,22-23,25H,14H2,1-2H3,(H,31,35)/t22-,23-,25+/m0/s1. The lowest BCUT2D eigenvalue weighted by Gasteiger charge is -2.31. The minimum absolute atomic E-state index is 0.242. The Morgan fingerprint density at radius 1 is 0.974 bits per heavy atom. The van der Waals surface area contributed by atoms with Gasteiger partial charge in [0.25, 0.3) is 0 Å². The largest absolute Gasteiger partial charge is 0.497 e. The number of aromatic amines is 1. The molecule has 0 bridgehead atoms. The number of H-pyrrole nitrogens is 1. The van der Waals surface area contributed by atoms with Gasteiger partial charge in [-0.15, -0.1) is 0 Å². The summed E-state index contributed by atoms with van der Waals surface area (Å²) < 4.78 is 11.5. The first-order valence-corrected chi connectivity index (χ1v) is 14.3. The van der Waals surface area contributed by atoms with E-state index in [0.717, 1.165) is 22.5 Å². The number of nitrogens with zero attached hydrogens (tertiary/aromatic N) is 1. The first-order chi connectivity index (χ1) is 18.8. The van der Waals surface area contributed by atoms with E-state index >= 15 is 0 Å². The first-order valence-electron chi connectivity index (χ1n) is 12.2. The fourth-order valence-electron chi connectivity index (χ4n) is 5.08. The van der Waals surface area contributed by atoms with Crippen LogP contribution in [-0.2, 0) is 16.2 Å². The van der Waals surface area contributed by atoms with E-state index in [1.165, 1.54) is 16.7 Å². The summed E-state index contributed by atoms with van der Waals surface area (Å²) in [6.45, 7) is 2.33. The molecule has 1 N–H and O–H groups in total. The summed E-state index contributed by atoms with van der Waals surface area (Å²) in [5.41, 5.74) is 3.28. The van der Waals surface area contributed by atoms with Gasteiger partial charge in [0.2, 0.25) is 11.8 Å². The Labute approximate surface area is 237 Å². The highest BCUT2D eigenvalue weighted by atomic mass is 35.5. The van der Waals surface area contributed by atoms with Gasteiger partial charge in [-0.25, -0.2) is 4.90 Å². The number of nitrogens with one attached hydrogen (secondary N) is 1. The second kappa shape index (κ2) is 10.2. The SMILES string of the molecule is COc1ccc(N2C(=O)[C@H]3[C@H](c4cc(Cl)ccc4OCc4ccc(C)cc4)c4sc(=O)[nH]c4S[C@H]3C2=O)cc1. The molecular formula is C29H23ClN2O5S2. The minimum Gasteiger partial charge on any atom is -0.497 e. The summed E-state index contributed by atoms with van der Waals surface area (Å²) in [7, 11) is 1.56. The van der Waals surface area contributed by atoms with Crippen molar-refractivity contribution < 1.29 is 19.1 Å². The van der Waals surface area contributed by atoms with Gasteiger partial charge >= 0.3 is 4.87 Å². The topological polar surface area (TPSA) is 88.7 Å². The lowest BCUT2D eigenvalue weighted by Crippen LogP contribution is -2.32. The molecule has 0 saturated carbocycles. The number of imide groups is 1. The monoisotopic (exact) mass is 578 g/mol. The minimum atomic E-state index is -0.747. The molecule has 1 fully saturated rings. The van der Waals surface area contributed by atoms with Crippen molar-refractivity contribution in [2.45, 2.75) is 29.7 Å². The Hall–Kier alpha value is -3.53. The van der Waals surface area contributed by atoms with Crippen LogP contribution in [-0.4, -0.2) is 29.2 Å². The summed E-state index contributed by atoms with van der Waals surface area (Å²) in [4.78, 5) is 44.7. The molecule has 1 aromatic heterocycles. The molecular weight excluding hydrogens is 556 g/mol. The molecule has 7 nitrogen and oxygen atoms in total. The van der Waals surface area contributed by atoms with Crippen molar-refractivity contribution in [3.8, 4) is 11.5 Å². The van der Waals surface area contributed by atoms with Crippen LogP contribution in [0.15, 0.2) is 76.6 Å². The fourth-order valence-corrected chi connectivity index (χ4v) is 7.76. The number of hydrogen-bond acceptors (Lipinski definition) is 7. The number of rotatable bonds is 6. The second-order valence-electron chi connectivity index (χ2n) is 9.42. The predicted octanol–water partition coefficient (Wildman–Crippen LogP) is 5.78. The van der Waals surface area contributed by atoms with E-state index in [2.05, 4.69) is 4.98 Å². The van der Waals surface area contributed by atoms with Crippen LogP contribution < -0.4 is 19.2 Å². The molecule has 2 aliphatic rings. The zero-order valence-corrected chi connectivity index (χ0v) is 23.4. The maximum Gasteiger partial charge on any atom is 0.305 e. The summed E-state index contributed by atoms with van der Waals surface area (Å²) in [5.74, 6) is -0.830. The van der Waals surface area contributed by atoms with Crippen LogP contribution in [0.4, 0.5) is 5.69 Å².